The normalized spacial score (nSPS) is 20.9. The summed E-state index contributed by atoms with van der Waals surface area (Å²) < 4.78 is 19.7. The molecule has 3 rings (SSSR count). The van der Waals surface area contributed by atoms with E-state index < -0.39 is 12.3 Å². The largest absolute Gasteiger partial charge is 0.453 e. The van der Waals surface area contributed by atoms with Gasteiger partial charge in [0.2, 0.25) is 5.91 Å². The van der Waals surface area contributed by atoms with Crippen molar-refractivity contribution in [1.29, 1.82) is 0 Å². The van der Waals surface area contributed by atoms with Crippen LogP contribution in [-0.2, 0) is 29.2 Å². The van der Waals surface area contributed by atoms with Gasteiger partial charge in [-0.3, -0.25) is 14.4 Å². The number of nitrogens with one attached hydrogen (secondary N) is 1. The first kappa shape index (κ1) is 17.7. The molecule has 1 aromatic rings. The molecular formula is C16H24FN5O3. The van der Waals surface area contributed by atoms with Crippen molar-refractivity contribution in [2.75, 3.05) is 33.3 Å². The Morgan fingerprint density at radius 1 is 1.40 bits per heavy atom. The molecule has 25 heavy (non-hydrogen) atoms. The molecule has 9 heteroatoms. The molecule has 2 aliphatic heterocycles. The molecule has 0 aromatic carbocycles. The van der Waals surface area contributed by atoms with Crippen molar-refractivity contribution in [3.63, 3.8) is 0 Å². The zero-order valence-electron chi connectivity index (χ0n) is 14.4. The maximum atomic E-state index is 13.3. The topological polar surface area (TPSA) is 79.7 Å². The van der Waals surface area contributed by atoms with Crippen molar-refractivity contribution in [2.24, 2.45) is 0 Å². The molecule has 1 aromatic heterocycles. The van der Waals surface area contributed by atoms with Crippen LogP contribution in [0.15, 0.2) is 6.07 Å². The highest BCUT2D eigenvalue weighted by molar-refractivity contribution is 5.82. The van der Waals surface area contributed by atoms with E-state index in [2.05, 4.69) is 20.1 Å². The standard InChI is InChI=1S/C16H24FN5O3/c1-25-16(24)18-8-15(23)21-4-2-5-22-14(11-21)7-13(19-22)10-20-6-3-12(17)9-20/h7,12H,2-6,8-11H2,1H3,(H,18,24)/t12-/m0/s1. The number of rotatable bonds is 4. The molecule has 0 aliphatic carbocycles. The summed E-state index contributed by atoms with van der Waals surface area (Å²) in [6.07, 6.45) is 0.0281. The number of nitrogens with zero attached hydrogens (tertiary/aromatic N) is 4. The van der Waals surface area contributed by atoms with Crippen LogP contribution in [0.3, 0.4) is 0 Å². The van der Waals surface area contributed by atoms with Gasteiger partial charge in [0.25, 0.3) is 0 Å². The van der Waals surface area contributed by atoms with Gasteiger partial charge in [-0.1, -0.05) is 0 Å². The van der Waals surface area contributed by atoms with Crippen LogP contribution in [-0.4, -0.2) is 71.0 Å². The van der Waals surface area contributed by atoms with Gasteiger partial charge < -0.3 is 15.0 Å². The number of alkyl halides is 1. The maximum Gasteiger partial charge on any atom is 0.407 e. The monoisotopic (exact) mass is 353 g/mol. The number of alkyl carbamates (subject to hydrolysis) is 1. The van der Waals surface area contributed by atoms with Crippen LogP contribution in [0.2, 0.25) is 0 Å². The van der Waals surface area contributed by atoms with E-state index in [0.29, 0.717) is 32.6 Å². The van der Waals surface area contributed by atoms with Crippen molar-refractivity contribution in [2.45, 2.75) is 38.6 Å². The van der Waals surface area contributed by atoms with Gasteiger partial charge in [0.05, 0.1) is 25.0 Å². The van der Waals surface area contributed by atoms with E-state index in [0.717, 1.165) is 30.9 Å². The smallest absolute Gasteiger partial charge is 0.407 e. The summed E-state index contributed by atoms with van der Waals surface area (Å²) in [5, 5.41) is 7.02. The Balaban J connectivity index is 1.60. The highest BCUT2D eigenvalue weighted by Gasteiger charge is 2.24. The van der Waals surface area contributed by atoms with Crippen LogP contribution >= 0.6 is 0 Å². The average molecular weight is 353 g/mol. The third-order valence-corrected chi connectivity index (χ3v) is 4.59. The molecule has 1 fully saturated rings. The molecule has 2 amide bonds. The van der Waals surface area contributed by atoms with Crippen LogP contribution in [0, 0.1) is 0 Å². The molecule has 2 aliphatic rings. The number of carbonyl (C=O) groups is 2. The fourth-order valence-electron chi connectivity index (χ4n) is 3.30. The summed E-state index contributed by atoms with van der Waals surface area (Å²) in [4.78, 5) is 27.2. The number of hydrogen-bond acceptors (Lipinski definition) is 5. The second-order valence-electron chi connectivity index (χ2n) is 6.49. The van der Waals surface area contributed by atoms with Crippen molar-refractivity contribution < 1.29 is 18.7 Å². The Labute approximate surface area is 145 Å². The zero-order chi connectivity index (χ0) is 17.8. The molecular weight excluding hydrogens is 329 g/mol. The van der Waals surface area contributed by atoms with E-state index in [1.165, 1.54) is 7.11 Å². The number of amides is 2. The predicted molar refractivity (Wildman–Crippen MR) is 87.5 cm³/mol. The van der Waals surface area contributed by atoms with E-state index in [1.807, 2.05) is 10.7 Å². The number of methoxy groups -OCH3 is 1. The van der Waals surface area contributed by atoms with Crippen LogP contribution in [0.4, 0.5) is 9.18 Å². The van der Waals surface area contributed by atoms with Crippen LogP contribution < -0.4 is 5.32 Å². The number of fused-ring (bicyclic) bond motifs is 1. The number of likely N-dealkylation sites (tertiary alicyclic amines) is 1. The second kappa shape index (κ2) is 7.81. The number of carbonyl (C=O) groups excluding carboxylic acids is 2. The lowest BCUT2D eigenvalue weighted by Gasteiger charge is -2.20. The number of halogens is 1. The molecule has 1 N–H and O–H groups in total. The Kier molecular flexibility index (Phi) is 5.52. The lowest BCUT2D eigenvalue weighted by molar-refractivity contribution is -0.130. The SMILES string of the molecule is COC(=O)NCC(=O)N1CCCn2nc(CN3CC[C@H](F)C3)cc2C1. The number of hydrogen-bond donors (Lipinski definition) is 1. The summed E-state index contributed by atoms with van der Waals surface area (Å²) in [5.41, 5.74) is 1.88. The maximum absolute atomic E-state index is 13.3. The van der Waals surface area contributed by atoms with E-state index in [4.69, 9.17) is 0 Å². The van der Waals surface area contributed by atoms with Crippen molar-refractivity contribution in [1.82, 2.24) is 24.9 Å². The first-order valence-electron chi connectivity index (χ1n) is 8.57. The van der Waals surface area contributed by atoms with E-state index in [1.54, 1.807) is 4.90 Å². The molecule has 0 radical (unpaired) electrons. The van der Waals surface area contributed by atoms with Crippen molar-refractivity contribution in [3.05, 3.63) is 17.5 Å². The van der Waals surface area contributed by atoms with E-state index >= 15 is 0 Å². The summed E-state index contributed by atoms with van der Waals surface area (Å²) in [5.74, 6) is -0.151. The zero-order valence-corrected chi connectivity index (χ0v) is 14.4. The molecule has 1 saturated heterocycles. The quantitative estimate of drug-likeness (QED) is 0.853. The Morgan fingerprint density at radius 2 is 2.24 bits per heavy atom. The van der Waals surface area contributed by atoms with Gasteiger partial charge >= 0.3 is 6.09 Å². The first-order chi connectivity index (χ1) is 12.0. The summed E-state index contributed by atoms with van der Waals surface area (Å²) in [6, 6.07) is 1.99. The Bertz CT molecular complexity index is 635. The van der Waals surface area contributed by atoms with Crippen LogP contribution in [0.1, 0.15) is 24.2 Å². The minimum atomic E-state index is -0.740. The Morgan fingerprint density at radius 3 is 2.96 bits per heavy atom. The van der Waals surface area contributed by atoms with Crippen LogP contribution in [0.25, 0.3) is 0 Å². The minimum Gasteiger partial charge on any atom is -0.453 e. The van der Waals surface area contributed by atoms with E-state index in [-0.39, 0.29) is 12.5 Å². The predicted octanol–water partition coefficient (Wildman–Crippen LogP) is 0.515. The van der Waals surface area contributed by atoms with E-state index in [9.17, 15) is 14.0 Å². The summed E-state index contributed by atoms with van der Waals surface area (Å²) in [6.45, 7) is 3.60. The molecule has 3 heterocycles. The molecule has 8 nitrogen and oxygen atoms in total. The molecule has 1 atom stereocenters. The molecule has 0 bridgehead atoms. The van der Waals surface area contributed by atoms with Gasteiger partial charge in [0, 0.05) is 32.7 Å². The fourth-order valence-corrected chi connectivity index (χ4v) is 3.30. The molecule has 0 unspecified atom stereocenters. The first-order valence-corrected chi connectivity index (χ1v) is 8.57. The summed E-state index contributed by atoms with van der Waals surface area (Å²) >= 11 is 0. The lowest BCUT2D eigenvalue weighted by atomic mass is 10.3. The number of aromatic nitrogens is 2. The highest BCUT2D eigenvalue weighted by atomic mass is 19.1. The number of aryl methyl sites for hydroxylation is 1. The number of ether oxygens (including phenoxy) is 1. The van der Waals surface area contributed by atoms with Gasteiger partial charge in [-0.15, -0.1) is 0 Å². The summed E-state index contributed by atoms with van der Waals surface area (Å²) in [7, 11) is 1.26. The third-order valence-electron chi connectivity index (χ3n) is 4.59. The van der Waals surface area contributed by atoms with Gasteiger partial charge in [-0.2, -0.15) is 5.10 Å². The molecule has 138 valence electrons. The average Bonchev–Trinajstić information content (AvgIpc) is 3.11. The highest BCUT2D eigenvalue weighted by Crippen LogP contribution is 2.18. The van der Waals surface area contributed by atoms with Gasteiger partial charge in [-0.25, -0.2) is 9.18 Å². The van der Waals surface area contributed by atoms with Gasteiger partial charge in [-0.05, 0) is 18.9 Å². The van der Waals surface area contributed by atoms with Crippen molar-refractivity contribution in [3.8, 4) is 0 Å². The molecule has 0 saturated carbocycles. The minimum absolute atomic E-state index is 0.0840. The fraction of sp³-hybridized carbons (Fsp3) is 0.688. The van der Waals surface area contributed by atoms with Crippen LogP contribution in [0.5, 0.6) is 0 Å². The lowest BCUT2D eigenvalue weighted by Crippen LogP contribution is -2.39. The third kappa shape index (κ3) is 4.47. The van der Waals surface area contributed by atoms with Crippen molar-refractivity contribution >= 4 is 12.0 Å². The second-order valence-corrected chi connectivity index (χ2v) is 6.49. The van der Waals surface area contributed by atoms with Gasteiger partial charge in [0.15, 0.2) is 0 Å². The van der Waals surface area contributed by atoms with Gasteiger partial charge in [0.1, 0.15) is 12.7 Å². The molecule has 0 spiro atoms. The Hall–Kier alpha value is -2.16.